The molecular formula is C13H15N3O. The number of rotatable bonds is 3. The minimum absolute atomic E-state index is 0.528. The third kappa shape index (κ3) is 1.96. The molecule has 1 N–H and O–H groups in total. The van der Waals surface area contributed by atoms with Gasteiger partial charge in [0, 0.05) is 24.2 Å². The van der Waals surface area contributed by atoms with Crippen molar-refractivity contribution in [1.82, 2.24) is 14.7 Å². The summed E-state index contributed by atoms with van der Waals surface area (Å²) in [7, 11) is 0. The molecule has 0 amide bonds. The molecule has 1 aliphatic heterocycles. The first-order valence-corrected chi connectivity index (χ1v) is 6.01. The number of aromatic nitrogens is 2. The van der Waals surface area contributed by atoms with E-state index < -0.39 is 0 Å². The van der Waals surface area contributed by atoms with Gasteiger partial charge in [-0.15, -0.1) is 0 Å². The van der Waals surface area contributed by atoms with E-state index in [1.165, 1.54) is 12.8 Å². The molecule has 4 nitrogen and oxygen atoms in total. The van der Waals surface area contributed by atoms with Crippen LogP contribution >= 0.6 is 0 Å². The molecule has 1 saturated heterocycles. The van der Waals surface area contributed by atoms with Gasteiger partial charge >= 0.3 is 0 Å². The fourth-order valence-corrected chi connectivity index (χ4v) is 2.43. The first-order chi connectivity index (χ1) is 8.36. The summed E-state index contributed by atoms with van der Waals surface area (Å²) in [5.74, 6) is 1.03. The van der Waals surface area contributed by atoms with Crippen LogP contribution in [-0.2, 0) is 6.42 Å². The summed E-state index contributed by atoms with van der Waals surface area (Å²) < 4.78 is 2.02. The van der Waals surface area contributed by atoms with E-state index in [0.717, 1.165) is 30.6 Å². The summed E-state index contributed by atoms with van der Waals surface area (Å²) in [6.07, 6.45) is 7.97. The van der Waals surface area contributed by atoms with Gasteiger partial charge in [0.2, 0.25) is 0 Å². The summed E-state index contributed by atoms with van der Waals surface area (Å²) >= 11 is 0. The van der Waals surface area contributed by atoms with E-state index in [2.05, 4.69) is 10.3 Å². The van der Waals surface area contributed by atoms with Gasteiger partial charge in [-0.3, -0.25) is 4.79 Å². The average Bonchev–Trinajstić information content (AvgIpc) is 2.99. The van der Waals surface area contributed by atoms with Gasteiger partial charge in [-0.2, -0.15) is 0 Å². The molecule has 1 unspecified atom stereocenters. The van der Waals surface area contributed by atoms with Crippen LogP contribution < -0.4 is 5.32 Å². The zero-order chi connectivity index (χ0) is 11.7. The summed E-state index contributed by atoms with van der Waals surface area (Å²) in [5.41, 5.74) is 1.74. The monoisotopic (exact) mass is 229 g/mol. The van der Waals surface area contributed by atoms with Crippen molar-refractivity contribution in [2.45, 2.75) is 25.3 Å². The molecule has 1 aliphatic rings. The van der Waals surface area contributed by atoms with Crippen LogP contribution in [-0.4, -0.2) is 28.3 Å². The number of imidazole rings is 1. The number of hydrogen-bond acceptors (Lipinski definition) is 3. The van der Waals surface area contributed by atoms with Crippen LogP contribution in [0.4, 0.5) is 0 Å². The molecule has 1 atom stereocenters. The molecule has 4 heteroatoms. The van der Waals surface area contributed by atoms with Crippen molar-refractivity contribution in [3.8, 4) is 0 Å². The number of aldehydes is 1. The number of carbonyl (C=O) groups excluding carboxylic acids is 1. The van der Waals surface area contributed by atoms with E-state index >= 15 is 0 Å². The van der Waals surface area contributed by atoms with Crippen molar-refractivity contribution in [2.75, 3.05) is 6.54 Å². The number of fused-ring (bicyclic) bond motifs is 1. The van der Waals surface area contributed by atoms with Crippen LogP contribution in [0.1, 0.15) is 29.0 Å². The van der Waals surface area contributed by atoms with Crippen LogP contribution in [0.15, 0.2) is 24.5 Å². The molecular weight excluding hydrogens is 214 g/mol. The Balaban J connectivity index is 1.94. The SMILES string of the molecule is O=Cc1ccc2cnc(CC3CCCN3)n2c1. The molecule has 0 aliphatic carbocycles. The molecule has 17 heavy (non-hydrogen) atoms. The molecule has 0 radical (unpaired) electrons. The van der Waals surface area contributed by atoms with Gasteiger partial charge in [-0.25, -0.2) is 4.98 Å². The quantitative estimate of drug-likeness (QED) is 0.810. The number of nitrogens with one attached hydrogen (secondary N) is 1. The van der Waals surface area contributed by atoms with E-state index in [1.54, 1.807) is 0 Å². The lowest BCUT2D eigenvalue weighted by molar-refractivity contribution is 0.112. The van der Waals surface area contributed by atoms with Crippen molar-refractivity contribution in [3.05, 3.63) is 35.9 Å². The minimum atomic E-state index is 0.528. The van der Waals surface area contributed by atoms with Crippen molar-refractivity contribution in [2.24, 2.45) is 0 Å². The zero-order valence-corrected chi connectivity index (χ0v) is 9.60. The van der Waals surface area contributed by atoms with Gasteiger partial charge in [0.15, 0.2) is 6.29 Å². The fourth-order valence-electron chi connectivity index (χ4n) is 2.43. The fraction of sp³-hybridized carbons (Fsp3) is 0.385. The smallest absolute Gasteiger partial charge is 0.151 e. The Hall–Kier alpha value is -1.68. The lowest BCUT2D eigenvalue weighted by Gasteiger charge is -2.09. The highest BCUT2D eigenvalue weighted by atomic mass is 16.1. The topological polar surface area (TPSA) is 46.4 Å². The molecule has 2 aromatic rings. The van der Waals surface area contributed by atoms with Crippen molar-refractivity contribution in [3.63, 3.8) is 0 Å². The second kappa shape index (κ2) is 4.30. The largest absolute Gasteiger partial charge is 0.314 e. The summed E-state index contributed by atoms with van der Waals surface area (Å²) in [4.78, 5) is 15.2. The molecule has 0 spiro atoms. The van der Waals surface area contributed by atoms with Crippen LogP contribution in [0, 0.1) is 0 Å². The van der Waals surface area contributed by atoms with Gasteiger partial charge in [0.25, 0.3) is 0 Å². The first-order valence-electron chi connectivity index (χ1n) is 6.01. The maximum Gasteiger partial charge on any atom is 0.151 e. The van der Waals surface area contributed by atoms with E-state index in [9.17, 15) is 4.79 Å². The maximum atomic E-state index is 10.8. The van der Waals surface area contributed by atoms with Crippen molar-refractivity contribution in [1.29, 1.82) is 0 Å². The zero-order valence-electron chi connectivity index (χ0n) is 9.60. The Morgan fingerprint density at radius 3 is 3.24 bits per heavy atom. The predicted octanol–water partition coefficient (Wildman–Crippen LogP) is 1.44. The Morgan fingerprint density at radius 2 is 2.47 bits per heavy atom. The number of carbonyl (C=O) groups is 1. The number of nitrogens with zero attached hydrogens (tertiary/aromatic N) is 2. The maximum absolute atomic E-state index is 10.8. The molecule has 0 bridgehead atoms. The Morgan fingerprint density at radius 1 is 1.53 bits per heavy atom. The third-order valence-electron chi connectivity index (χ3n) is 3.35. The lowest BCUT2D eigenvalue weighted by Crippen LogP contribution is -2.24. The second-order valence-electron chi connectivity index (χ2n) is 4.55. The van der Waals surface area contributed by atoms with Gasteiger partial charge in [0.05, 0.1) is 11.7 Å². The highest BCUT2D eigenvalue weighted by Crippen LogP contribution is 2.14. The second-order valence-corrected chi connectivity index (χ2v) is 4.55. The summed E-state index contributed by atoms with van der Waals surface area (Å²) in [6, 6.07) is 4.28. The first kappa shape index (κ1) is 10.5. The van der Waals surface area contributed by atoms with Crippen molar-refractivity contribution >= 4 is 11.8 Å². The third-order valence-corrected chi connectivity index (χ3v) is 3.35. The van der Waals surface area contributed by atoms with Gasteiger partial charge in [-0.1, -0.05) is 0 Å². The minimum Gasteiger partial charge on any atom is -0.314 e. The Bertz CT molecular complexity index is 541. The predicted molar refractivity (Wildman–Crippen MR) is 65.3 cm³/mol. The molecule has 0 aromatic carbocycles. The standard InChI is InChI=1S/C13H15N3O/c17-9-10-3-4-12-7-15-13(16(12)8-10)6-11-2-1-5-14-11/h3-4,7-9,11,14H,1-2,5-6H2. The normalized spacial score (nSPS) is 19.9. The van der Waals surface area contributed by atoms with E-state index in [1.807, 2.05) is 28.9 Å². The summed E-state index contributed by atoms with van der Waals surface area (Å²) in [5, 5.41) is 3.47. The molecule has 88 valence electrons. The molecule has 3 heterocycles. The highest BCUT2D eigenvalue weighted by molar-refractivity contribution is 5.75. The lowest BCUT2D eigenvalue weighted by atomic mass is 10.1. The summed E-state index contributed by atoms with van der Waals surface area (Å²) in [6.45, 7) is 1.10. The Kier molecular flexibility index (Phi) is 2.65. The molecule has 2 aromatic heterocycles. The average molecular weight is 229 g/mol. The molecule has 3 rings (SSSR count). The molecule has 1 fully saturated rings. The van der Waals surface area contributed by atoms with Crippen molar-refractivity contribution < 1.29 is 4.79 Å². The van der Waals surface area contributed by atoms with Gasteiger partial charge in [0.1, 0.15) is 5.82 Å². The number of hydrogen-bond donors (Lipinski definition) is 1. The van der Waals surface area contributed by atoms with Crippen LogP contribution in [0.25, 0.3) is 5.52 Å². The van der Waals surface area contributed by atoms with Gasteiger partial charge in [-0.05, 0) is 31.5 Å². The van der Waals surface area contributed by atoms with E-state index in [-0.39, 0.29) is 0 Å². The van der Waals surface area contributed by atoms with E-state index in [0.29, 0.717) is 11.6 Å². The van der Waals surface area contributed by atoms with Crippen LogP contribution in [0.3, 0.4) is 0 Å². The van der Waals surface area contributed by atoms with E-state index in [4.69, 9.17) is 0 Å². The van der Waals surface area contributed by atoms with Crippen LogP contribution in [0.2, 0.25) is 0 Å². The Labute approximate surface area is 99.7 Å². The van der Waals surface area contributed by atoms with Gasteiger partial charge < -0.3 is 9.72 Å². The molecule has 0 saturated carbocycles. The number of pyridine rings is 1. The van der Waals surface area contributed by atoms with Crippen LogP contribution in [0.5, 0.6) is 0 Å². The highest BCUT2D eigenvalue weighted by Gasteiger charge is 2.16.